The van der Waals surface area contributed by atoms with Crippen molar-refractivity contribution in [3.63, 3.8) is 0 Å². The second-order valence-electron chi connectivity index (χ2n) is 6.38. The first-order valence-corrected chi connectivity index (χ1v) is 7.85. The van der Waals surface area contributed by atoms with Crippen molar-refractivity contribution in [2.24, 2.45) is 11.7 Å². The van der Waals surface area contributed by atoms with Gasteiger partial charge < -0.3 is 10.6 Å². The van der Waals surface area contributed by atoms with Crippen molar-refractivity contribution >= 4 is 11.6 Å². The Balaban J connectivity index is 1.94. The van der Waals surface area contributed by atoms with Crippen LogP contribution in [0.3, 0.4) is 0 Å². The summed E-state index contributed by atoms with van der Waals surface area (Å²) < 4.78 is 1.65. The van der Waals surface area contributed by atoms with Gasteiger partial charge in [0.1, 0.15) is 5.56 Å². The summed E-state index contributed by atoms with van der Waals surface area (Å²) >= 11 is 0. The van der Waals surface area contributed by atoms with Gasteiger partial charge in [-0.15, -0.1) is 0 Å². The topological polar surface area (TPSA) is 76.5 Å². The van der Waals surface area contributed by atoms with Gasteiger partial charge in [-0.3, -0.25) is 4.79 Å². The lowest BCUT2D eigenvalue weighted by Gasteiger charge is -2.42. The molecule has 3 heterocycles. The molecule has 0 spiro atoms. The number of nitrogens with zero attached hydrogens (tertiary/aromatic N) is 4. The molecule has 22 heavy (non-hydrogen) atoms. The molecule has 2 unspecified atom stereocenters. The van der Waals surface area contributed by atoms with E-state index in [2.05, 4.69) is 23.9 Å². The summed E-state index contributed by atoms with van der Waals surface area (Å²) in [5, 5.41) is 4.24. The third kappa shape index (κ3) is 2.47. The molecule has 1 amide bonds. The number of hydrogen-bond donors (Lipinski definition) is 1. The van der Waals surface area contributed by atoms with Gasteiger partial charge in [0.15, 0.2) is 5.65 Å². The van der Waals surface area contributed by atoms with Gasteiger partial charge in [-0.05, 0) is 52.1 Å². The van der Waals surface area contributed by atoms with Crippen LogP contribution in [0.5, 0.6) is 0 Å². The highest BCUT2D eigenvalue weighted by Crippen LogP contribution is 2.29. The highest BCUT2D eigenvalue weighted by Gasteiger charge is 2.35. The van der Waals surface area contributed by atoms with E-state index in [-0.39, 0.29) is 18.0 Å². The van der Waals surface area contributed by atoms with E-state index in [1.54, 1.807) is 10.7 Å². The summed E-state index contributed by atoms with van der Waals surface area (Å²) in [5.74, 6) is 0.516. The van der Waals surface area contributed by atoms with Gasteiger partial charge in [0.25, 0.3) is 5.91 Å². The van der Waals surface area contributed by atoms with Gasteiger partial charge in [-0.25, -0.2) is 9.50 Å². The standard InChI is InChI=1S/C16H23N5O/c1-10-4-5-20-15(19-10)14(9-18-20)16(22)21-11(2)6-13(8-17)7-12(21)3/h4-5,9,11-13H,6-8,17H2,1-3H3. The third-order valence-electron chi connectivity index (χ3n) is 4.61. The Morgan fingerprint density at radius 3 is 2.68 bits per heavy atom. The normalized spacial score (nSPS) is 25.6. The van der Waals surface area contributed by atoms with Gasteiger partial charge in [0, 0.05) is 24.0 Å². The van der Waals surface area contributed by atoms with Crippen molar-refractivity contribution in [1.82, 2.24) is 19.5 Å². The maximum absolute atomic E-state index is 13.0. The first kappa shape index (κ1) is 15.0. The molecule has 1 aliphatic rings. The number of piperidine rings is 1. The van der Waals surface area contributed by atoms with Crippen LogP contribution >= 0.6 is 0 Å². The number of likely N-dealkylation sites (tertiary alicyclic amines) is 1. The predicted octanol–water partition coefficient (Wildman–Crippen LogP) is 1.63. The fourth-order valence-corrected chi connectivity index (χ4v) is 3.56. The number of aromatic nitrogens is 3. The van der Waals surface area contributed by atoms with Crippen LogP contribution in [-0.4, -0.2) is 44.0 Å². The van der Waals surface area contributed by atoms with Crippen LogP contribution in [0, 0.1) is 12.8 Å². The van der Waals surface area contributed by atoms with E-state index in [4.69, 9.17) is 5.73 Å². The summed E-state index contributed by atoms with van der Waals surface area (Å²) in [6.45, 7) is 6.80. The van der Waals surface area contributed by atoms with Crippen LogP contribution in [-0.2, 0) is 0 Å². The highest BCUT2D eigenvalue weighted by atomic mass is 16.2. The molecule has 0 saturated carbocycles. The number of aryl methyl sites for hydroxylation is 1. The molecule has 0 bridgehead atoms. The minimum atomic E-state index is 0.0172. The van der Waals surface area contributed by atoms with Crippen LogP contribution in [0.1, 0.15) is 42.7 Å². The number of carbonyl (C=O) groups is 1. The molecular formula is C16H23N5O. The quantitative estimate of drug-likeness (QED) is 0.914. The molecule has 6 nitrogen and oxygen atoms in total. The first-order valence-electron chi connectivity index (χ1n) is 7.85. The summed E-state index contributed by atoms with van der Waals surface area (Å²) in [7, 11) is 0. The Labute approximate surface area is 130 Å². The number of nitrogens with two attached hydrogens (primary N) is 1. The minimum Gasteiger partial charge on any atom is -0.333 e. The SMILES string of the molecule is Cc1ccn2ncc(C(=O)N3C(C)CC(CN)CC3C)c2n1. The van der Waals surface area contributed by atoms with E-state index in [0.29, 0.717) is 23.7 Å². The molecule has 1 aliphatic heterocycles. The molecule has 1 saturated heterocycles. The zero-order valence-electron chi connectivity index (χ0n) is 13.4. The third-order valence-corrected chi connectivity index (χ3v) is 4.61. The zero-order chi connectivity index (χ0) is 15.9. The fourth-order valence-electron chi connectivity index (χ4n) is 3.56. The molecule has 0 radical (unpaired) electrons. The molecule has 6 heteroatoms. The second kappa shape index (κ2) is 5.68. The van der Waals surface area contributed by atoms with Crippen molar-refractivity contribution < 1.29 is 4.79 Å². The second-order valence-corrected chi connectivity index (χ2v) is 6.38. The Hall–Kier alpha value is -1.95. The summed E-state index contributed by atoms with van der Waals surface area (Å²) in [5.41, 5.74) is 7.90. The Morgan fingerprint density at radius 1 is 1.36 bits per heavy atom. The lowest BCUT2D eigenvalue weighted by Crippen LogP contribution is -2.50. The number of rotatable bonds is 2. The monoisotopic (exact) mass is 301 g/mol. The average Bonchev–Trinajstić information content (AvgIpc) is 2.89. The van der Waals surface area contributed by atoms with E-state index in [9.17, 15) is 4.79 Å². The lowest BCUT2D eigenvalue weighted by atomic mass is 9.87. The molecule has 2 N–H and O–H groups in total. The van der Waals surface area contributed by atoms with Crippen molar-refractivity contribution in [2.75, 3.05) is 6.54 Å². The van der Waals surface area contributed by atoms with Gasteiger partial charge in [0.05, 0.1) is 6.20 Å². The smallest absolute Gasteiger partial charge is 0.259 e. The molecule has 2 atom stereocenters. The van der Waals surface area contributed by atoms with Gasteiger partial charge in [0.2, 0.25) is 0 Å². The first-order chi connectivity index (χ1) is 10.5. The van der Waals surface area contributed by atoms with Crippen LogP contribution in [0.4, 0.5) is 0 Å². The molecule has 2 aromatic heterocycles. The molecular weight excluding hydrogens is 278 g/mol. The molecule has 118 valence electrons. The van der Waals surface area contributed by atoms with Crippen LogP contribution in [0.15, 0.2) is 18.5 Å². The number of hydrogen-bond acceptors (Lipinski definition) is 4. The lowest BCUT2D eigenvalue weighted by molar-refractivity contribution is 0.0425. The molecule has 0 aliphatic carbocycles. The van der Waals surface area contributed by atoms with Gasteiger partial charge in [-0.2, -0.15) is 5.10 Å². The van der Waals surface area contributed by atoms with Gasteiger partial charge in [-0.1, -0.05) is 0 Å². The van der Waals surface area contributed by atoms with E-state index in [1.807, 2.05) is 24.1 Å². The van der Waals surface area contributed by atoms with Crippen molar-refractivity contribution in [3.8, 4) is 0 Å². The predicted molar refractivity (Wildman–Crippen MR) is 84.6 cm³/mol. The van der Waals surface area contributed by atoms with Crippen LogP contribution in [0.25, 0.3) is 5.65 Å². The van der Waals surface area contributed by atoms with E-state index in [1.165, 1.54) is 0 Å². The summed E-state index contributed by atoms with van der Waals surface area (Å²) in [4.78, 5) is 19.4. The highest BCUT2D eigenvalue weighted by molar-refractivity contribution is 6.00. The Bertz CT molecular complexity index is 683. The number of amides is 1. The summed E-state index contributed by atoms with van der Waals surface area (Å²) in [6.07, 6.45) is 5.37. The molecule has 3 rings (SSSR count). The maximum atomic E-state index is 13.0. The number of fused-ring (bicyclic) bond motifs is 1. The minimum absolute atomic E-state index is 0.0172. The van der Waals surface area contributed by atoms with Crippen LogP contribution in [0.2, 0.25) is 0 Å². The van der Waals surface area contributed by atoms with Crippen molar-refractivity contribution in [1.29, 1.82) is 0 Å². The molecule has 2 aromatic rings. The maximum Gasteiger partial charge on any atom is 0.259 e. The van der Waals surface area contributed by atoms with Crippen molar-refractivity contribution in [3.05, 3.63) is 29.7 Å². The number of carbonyl (C=O) groups excluding carboxylic acids is 1. The average molecular weight is 301 g/mol. The van der Waals surface area contributed by atoms with E-state index >= 15 is 0 Å². The molecule has 0 aromatic carbocycles. The zero-order valence-corrected chi connectivity index (χ0v) is 13.4. The Kier molecular flexibility index (Phi) is 3.87. The fraction of sp³-hybridized carbons (Fsp3) is 0.562. The Morgan fingerprint density at radius 2 is 2.05 bits per heavy atom. The largest absolute Gasteiger partial charge is 0.333 e. The van der Waals surface area contributed by atoms with E-state index in [0.717, 1.165) is 18.5 Å². The van der Waals surface area contributed by atoms with E-state index < -0.39 is 0 Å². The van der Waals surface area contributed by atoms with Crippen molar-refractivity contribution in [2.45, 2.75) is 45.7 Å². The molecule has 1 fully saturated rings. The van der Waals surface area contributed by atoms with Gasteiger partial charge >= 0.3 is 0 Å². The summed E-state index contributed by atoms with van der Waals surface area (Å²) in [6, 6.07) is 2.25. The van der Waals surface area contributed by atoms with Crippen LogP contribution < -0.4 is 5.73 Å².